The number of H-pyrrole nitrogens is 1. The Bertz CT molecular complexity index is 1440. The number of aromatic nitrogens is 1. The van der Waals surface area contributed by atoms with Crippen molar-refractivity contribution in [3.8, 4) is 0 Å². The molecule has 5 nitrogen and oxygen atoms in total. The number of para-hydroxylation sites is 1. The van der Waals surface area contributed by atoms with Crippen molar-refractivity contribution in [2.24, 2.45) is 0 Å². The lowest BCUT2D eigenvalue weighted by Crippen LogP contribution is -2.31. The summed E-state index contributed by atoms with van der Waals surface area (Å²) in [5.41, 5.74) is 2.66. The highest BCUT2D eigenvalue weighted by Crippen LogP contribution is 2.40. The summed E-state index contributed by atoms with van der Waals surface area (Å²) in [5, 5.41) is 12.5. The first kappa shape index (κ1) is 21.9. The van der Waals surface area contributed by atoms with Crippen LogP contribution in [0.5, 0.6) is 0 Å². The summed E-state index contributed by atoms with van der Waals surface area (Å²) >= 11 is 5.95. The van der Waals surface area contributed by atoms with E-state index in [2.05, 4.69) is 4.98 Å². The van der Waals surface area contributed by atoms with Crippen molar-refractivity contribution in [1.82, 2.24) is 9.88 Å². The molecule has 2 heterocycles. The van der Waals surface area contributed by atoms with Crippen molar-refractivity contribution >= 4 is 40.0 Å². The lowest BCUT2D eigenvalue weighted by Gasteiger charge is -2.25. The van der Waals surface area contributed by atoms with Gasteiger partial charge in [-0.25, -0.2) is 4.39 Å². The van der Waals surface area contributed by atoms with Gasteiger partial charge in [0.15, 0.2) is 0 Å². The van der Waals surface area contributed by atoms with E-state index in [-0.39, 0.29) is 17.9 Å². The van der Waals surface area contributed by atoms with E-state index in [1.54, 1.807) is 30.3 Å². The Balaban J connectivity index is 1.57. The minimum absolute atomic E-state index is 0.0724. The maximum absolute atomic E-state index is 14.1. The molecule has 0 bridgehead atoms. The monoisotopic (exact) mass is 474 g/mol. The van der Waals surface area contributed by atoms with E-state index in [4.69, 9.17) is 11.6 Å². The van der Waals surface area contributed by atoms with Gasteiger partial charge < -0.3 is 15.0 Å². The molecule has 1 aliphatic heterocycles. The molecule has 0 aliphatic carbocycles. The molecule has 1 amide bonds. The molecule has 34 heavy (non-hydrogen) atoms. The number of aromatic amines is 1. The average Bonchev–Trinajstić information content (AvgIpc) is 3.36. The van der Waals surface area contributed by atoms with Gasteiger partial charge in [0.25, 0.3) is 11.7 Å². The quantitative estimate of drug-likeness (QED) is 0.224. The normalized spacial score (nSPS) is 17.6. The van der Waals surface area contributed by atoms with Crippen molar-refractivity contribution in [3.05, 3.63) is 112 Å². The summed E-state index contributed by atoms with van der Waals surface area (Å²) in [6, 6.07) is 18.9. The van der Waals surface area contributed by atoms with Gasteiger partial charge in [-0.2, -0.15) is 0 Å². The lowest BCUT2D eigenvalue weighted by atomic mass is 9.95. The highest BCUT2D eigenvalue weighted by Gasteiger charge is 2.46. The van der Waals surface area contributed by atoms with Gasteiger partial charge in [-0.1, -0.05) is 41.9 Å². The third-order valence-corrected chi connectivity index (χ3v) is 6.37. The Kier molecular flexibility index (Phi) is 5.67. The number of hydrogen-bond donors (Lipinski definition) is 2. The largest absolute Gasteiger partial charge is 0.507 e. The topological polar surface area (TPSA) is 73.4 Å². The molecule has 1 fully saturated rings. The molecule has 1 saturated heterocycles. The summed E-state index contributed by atoms with van der Waals surface area (Å²) in [6.07, 6.45) is 2.36. The zero-order valence-electron chi connectivity index (χ0n) is 18.0. The minimum Gasteiger partial charge on any atom is -0.507 e. The van der Waals surface area contributed by atoms with Crippen LogP contribution in [-0.4, -0.2) is 33.2 Å². The van der Waals surface area contributed by atoms with E-state index < -0.39 is 23.5 Å². The first-order chi connectivity index (χ1) is 16.4. The second-order valence-electron chi connectivity index (χ2n) is 8.16. The number of halogens is 2. The van der Waals surface area contributed by atoms with Gasteiger partial charge in [0, 0.05) is 34.2 Å². The fraction of sp³-hybridized carbons (Fsp3) is 0.111. The van der Waals surface area contributed by atoms with Gasteiger partial charge in [0.05, 0.1) is 11.6 Å². The lowest BCUT2D eigenvalue weighted by molar-refractivity contribution is -0.139. The van der Waals surface area contributed by atoms with Gasteiger partial charge >= 0.3 is 0 Å². The van der Waals surface area contributed by atoms with E-state index in [0.29, 0.717) is 22.6 Å². The van der Waals surface area contributed by atoms with Crippen LogP contribution in [0.25, 0.3) is 16.7 Å². The van der Waals surface area contributed by atoms with E-state index in [1.165, 1.54) is 23.1 Å². The smallest absolute Gasteiger partial charge is 0.295 e. The highest BCUT2D eigenvalue weighted by atomic mass is 35.5. The van der Waals surface area contributed by atoms with E-state index in [9.17, 15) is 19.1 Å². The number of carbonyl (C=O) groups excluding carboxylic acids is 2. The summed E-state index contributed by atoms with van der Waals surface area (Å²) in [6.45, 7) is 0.213. The Morgan fingerprint density at radius 3 is 2.56 bits per heavy atom. The molecule has 0 spiro atoms. The van der Waals surface area contributed by atoms with Crippen LogP contribution in [0.4, 0.5) is 4.39 Å². The van der Waals surface area contributed by atoms with Gasteiger partial charge in [-0.15, -0.1) is 0 Å². The molecule has 2 N–H and O–H groups in total. The summed E-state index contributed by atoms with van der Waals surface area (Å²) in [4.78, 5) is 30.8. The number of aliphatic hydroxyl groups is 1. The van der Waals surface area contributed by atoms with Crippen LogP contribution in [0.2, 0.25) is 5.02 Å². The molecule has 1 aliphatic rings. The molecule has 1 aromatic heterocycles. The van der Waals surface area contributed by atoms with Crippen molar-refractivity contribution in [2.75, 3.05) is 6.54 Å². The number of ketones is 1. The zero-order valence-corrected chi connectivity index (χ0v) is 18.7. The first-order valence-corrected chi connectivity index (χ1v) is 11.2. The predicted octanol–water partition coefficient (Wildman–Crippen LogP) is 5.62. The number of fused-ring (bicyclic) bond motifs is 1. The second-order valence-corrected chi connectivity index (χ2v) is 8.60. The van der Waals surface area contributed by atoms with Crippen LogP contribution >= 0.6 is 11.6 Å². The molecule has 0 radical (unpaired) electrons. The fourth-order valence-electron chi connectivity index (χ4n) is 4.48. The number of nitrogens with zero attached hydrogens (tertiary/aromatic N) is 1. The number of aliphatic hydroxyl groups excluding tert-OH is 1. The van der Waals surface area contributed by atoms with Gasteiger partial charge in [-0.3, -0.25) is 9.59 Å². The molecular formula is C27H20ClFN2O3. The number of amides is 1. The fourth-order valence-corrected chi connectivity index (χ4v) is 4.60. The van der Waals surface area contributed by atoms with Gasteiger partial charge in [0.1, 0.15) is 11.6 Å². The van der Waals surface area contributed by atoms with Crippen molar-refractivity contribution in [3.63, 3.8) is 0 Å². The van der Waals surface area contributed by atoms with E-state index >= 15 is 0 Å². The number of likely N-dealkylation sites (tertiary alicyclic amines) is 1. The van der Waals surface area contributed by atoms with Crippen molar-refractivity contribution < 1.29 is 19.1 Å². The van der Waals surface area contributed by atoms with Crippen LogP contribution < -0.4 is 0 Å². The maximum Gasteiger partial charge on any atom is 0.295 e. The van der Waals surface area contributed by atoms with Crippen LogP contribution in [-0.2, 0) is 16.0 Å². The molecule has 3 aromatic carbocycles. The van der Waals surface area contributed by atoms with E-state index in [1.807, 2.05) is 30.5 Å². The van der Waals surface area contributed by atoms with Crippen molar-refractivity contribution in [2.45, 2.75) is 12.5 Å². The van der Waals surface area contributed by atoms with E-state index in [0.717, 1.165) is 16.5 Å². The average molecular weight is 475 g/mol. The SMILES string of the molecule is O=C1C(=O)N(CCc2c[nH]c3ccccc23)C(c2cccc(F)c2)/C1=C(/O)c1ccc(Cl)cc1. The van der Waals surface area contributed by atoms with Crippen LogP contribution in [0.15, 0.2) is 84.6 Å². The van der Waals surface area contributed by atoms with Crippen LogP contribution in [0.1, 0.15) is 22.7 Å². The van der Waals surface area contributed by atoms with Crippen LogP contribution in [0.3, 0.4) is 0 Å². The number of carbonyl (C=O) groups is 2. The third-order valence-electron chi connectivity index (χ3n) is 6.12. The van der Waals surface area contributed by atoms with Crippen molar-refractivity contribution in [1.29, 1.82) is 0 Å². The Labute approximate surface area is 200 Å². The molecule has 4 aromatic rings. The number of nitrogens with one attached hydrogen (secondary N) is 1. The Hall–Kier alpha value is -3.90. The predicted molar refractivity (Wildman–Crippen MR) is 129 cm³/mol. The summed E-state index contributed by atoms with van der Waals surface area (Å²) in [5.74, 6) is -2.35. The molecular weight excluding hydrogens is 455 g/mol. The zero-order chi connectivity index (χ0) is 23.8. The molecule has 1 atom stereocenters. The first-order valence-electron chi connectivity index (χ1n) is 10.8. The maximum atomic E-state index is 14.1. The van der Waals surface area contributed by atoms with Crippen LogP contribution in [0, 0.1) is 5.82 Å². The highest BCUT2D eigenvalue weighted by molar-refractivity contribution is 6.46. The standard InChI is InChI=1S/C27H20ClFN2O3/c28-19-10-8-16(9-11-19)25(32)23-24(17-4-3-5-20(29)14-17)31(27(34)26(23)33)13-12-18-15-30-22-7-2-1-6-21(18)22/h1-11,14-15,24,30,32H,12-13H2/b25-23-. The summed E-state index contributed by atoms with van der Waals surface area (Å²) < 4.78 is 14.1. The number of benzene rings is 3. The van der Waals surface area contributed by atoms with Gasteiger partial charge in [-0.05, 0) is 60.0 Å². The Morgan fingerprint density at radius 2 is 1.79 bits per heavy atom. The minimum atomic E-state index is -0.920. The summed E-state index contributed by atoms with van der Waals surface area (Å²) in [7, 11) is 0. The molecule has 170 valence electrons. The molecule has 5 rings (SSSR count). The number of hydrogen-bond acceptors (Lipinski definition) is 3. The number of Topliss-reactive ketones (excluding diaryl/α,β-unsaturated/α-hetero) is 1. The third kappa shape index (κ3) is 3.86. The van der Waals surface area contributed by atoms with Gasteiger partial charge in [0.2, 0.25) is 0 Å². The number of rotatable bonds is 5. The Morgan fingerprint density at radius 1 is 1.03 bits per heavy atom. The second kappa shape index (κ2) is 8.80. The molecule has 1 unspecified atom stereocenters. The molecule has 7 heteroatoms. The molecule has 0 saturated carbocycles.